The second-order valence-corrected chi connectivity index (χ2v) is 9.19. The molecule has 5 heteroatoms. The Morgan fingerprint density at radius 3 is 2.47 bits per heavy atom. The summed E-state index contributed by atoms with van der Waals surface area (Å²) in [5, 5.41) is 0. The number of benzene rings is 1. The monoisotopic (exact) mass is 406 g/mol. The van der Waals surface area contributed by atoms with Crippen LogP contribution in [0.4, 0.5) is 0 Å². The molecule has 1 aromatic carbocycles. The van der Waals surface area contributed by atoms with Crippen LogP contribution in [0.5, 0.6) is 0 Å². The fourth-order valence-electron chi connectivity index (χ4n) is 4.36. The summed E-state index contributed by atoms with van der Waals surface area (Å²) in [5.74, 6) is 1.01. The summed E-state index contributed by atoms with van der Waals surface area (Å²) in [6.07, 6.45) is 5.09. The summed E-state index contributed by atoms with van der Waals surface area (Å²) >= 11 is 0. The van der Waals surface area contributed by atoms with Crippen molar-refractivity contribution in [2.24, 2.45) is 0 Å². The van der Waals surface area contributed by atoms with Crippen LogP contribution in [0.15, 0.2) is 48.8 Å². The van der Waals surface area contributed by atoms with E-state index in [1.165, 1.54) is 17.0 Å². The Morgan fingerprint density at radius 1 is 1.03 bits per heavy atom. The summed E-state index contributed by atoms with van der Waals surface area (Å²) in [6.45, 7) is 15.1. The molecule has 0 atom stereocenters. The number of rotatable bonds is 6. The lowest BCUT2D eigenvalue weighted by Gasteiger charge is -2.27. The van der Waals surface area contributed by atoms with Crippen LogP contribution >= 0.6 is 0 Å². The highest BCUT2D eigenvalue weighted by Gasteiger charge is 2.24. The Balaban J connectivity index is 1.63. The predicted octanol–water partition coefficient (Wildman–Crippen LogP) is 4.67. The molecule has 3 aromatic rings. The average molecular weight is 407 g/mol. The van der Waals surface area contributed by atoms with Gasteiger partial charge in [-0.25, -0.2) is 4.98 Å². The fourth-order valence-corrected chi connectivity index (χ4v) is 4.36. The molecule has 0 bridgehead atoms. The standard InChI is InChI=1S/C25H34N4O/c1-20-22(24-26-11-14-29(24)21-9-6-5-7-10-21)19-23(25(2,3)4)28(20)13-8-12-27-15-17-30-18-16-27/h5-7,9-11,14,19H,8,12-13,15-18H2,1-4H3. The van der Waals surface area contributed by atoms with E-state index in [2.05, 4.69) is 78.3 Å². The minimum Gasteiger partial charge on any atom is -0.379 e. The van der Waals surface area contributed by atoms with Crippen molar-refractivity contribution in [3.05, 3.63) is 60.2 Å². The number of ether oxygens (including phenoxy) is 1. The summed E-state index contributed by atoms with van der Waals surface area (Å²) in [6, 6.07) is 12.8. The molecule has 0 radical (unpaired) electrons. The van der Waals surface area contributed by atoms with Crippen molar-refractivity contribution in [2.45, 2.75) is 46.1 Å². The highest BCUT2D eigenvalue weighted by Crippen LogP contribution is 2.33. The molecule has 0 aliphatic carbocycles. The summed E-state index contributed by atoms with van der Waals surface area (Å²) in [7, 11) is 0. The van der Waals surface area contributed by atoms with Gasteiger partial charge in [-0.1, -0.05) is 39.0 Å². The van der Waals surface area contributed by atoms with Crippen LogP contribution in [0.3, 0.4) is 0 Å². The van der Waals surface area contributed by atoms with Gasteiger partial charge >= 0.3 is 0 Å². The molecule has 160 valence electrons. The SMILES string of the molecule is Cc1c(-c2nccn2-c2ccccc2)cc(C(C)(C)C)n1CCCN1CCOCC1. The smallest absolute Gasteiger partial charge is 0.146 e. The van der Waals surface area contributed by atoms with E-state index in [1.54, 1.807) is 0 Å². The van der Waals surface area contributed by atoms with E-state index in [9.17, 15) is 0 Å². The van der Waals surface area contributed by atoms with Crippen LogP contribution in [0.25, 0.3) is 17.1 Å². The molecular formula is C25H34N4O. The molecule has 2 aromatic heterocycles. The molecule has 0 N–H and O–H groups in total. The van der Waals surface area contributed by atoms with Gasteiger partial charge in [0.2, 0.25) is 0 Å². The number of nitrogens with zero attached hydrogens (tertiary/aromatic N) is 4. The van der Waals surface area contributed by atoms with Crippen molar-refractivity contribution in [1.82, 2.24) is 19.0 Å². The van der Waals surface area contributed by atoms with Gasteiger partial charge in [0.25, 0.3) is 0 Å². The third-order valence-corrected chi connectivity index (χ3v) is 6.01. The van der Waals surface area contributed by atoms with Crippen molar-refractivity contribution in [1.29, 1.82) is 0 Å². The minimum absolute atomic E-state index is 0.0755. The number of imidazole rings is 1. The largest absolute Gasteiger partial charge is 0.379 e. The van der Waals surface area contributed by atoms with Crippen molar-refractivity contribution in [3.8, 4) is 17.1 Å². The number of morpholine rings is 1. The summed E-state index contributed by atoms with van der Waals surface area (Å²) in [4.78, 5) is 7.26. The highest BCUT2D eigenvalue weighted by atomic mass is 16.5. The number of hydrogen-bond donors (Lipinski definition) is 0. The van der Waals surface area contributed by atoms with Crippen molar-refractivity contribution in [3.63, 3.8) is 0 Å². The normalized spacial score (nSPS) is 15.6. The molecule has 1 saturated heterocycles. The summed E-state index contributed by atoms with van der Waals surface area (Å²) < 4.78 is 10.2. The second kappa shape index (κ2) is 8.78. The van der Waals surface area contributed by atoms with E-state index in [0.717, 1.165) is 57.3 Å². The minimum atomic E-state index is 0.0755. The van der Waals surface area contributed by atoms with Crippen LogP contribution in [-0.2, 0) is 16.7 Å². The van der Waals surface area contributed by atoms with E-state index in [4.69, 9.17) is 9.72 Å². The zero-order valence-corrected chi connectivity index (χ0v) is 18.8. The maximum Gasteiger partial charge on any atom is 0.146 e. The molecule has 4 rings (SSSR count). The van der Waals surface area contributed by atoms with Gasteiger partial charge in [-0.2, -0.15) is 0 Å². The van der Waals surface area contributed by atoms with E-state index < -0.39 is 0 Å². The molecule has 0 amide bonds. The third kappa shape index (κ3) is 4.37. The Kier molecular flexibility index (Phi) is 6.11. The lowest BCUT2D eigenvalue weighted by Crippen LogP contribution is -2.37. The van der Waals surface area contributed by atoms with Crippen LogP contribution < -0.4 is 0 Å². The van der Waals surface area contributed by atoms with Gasteiger partial charge in [0.15, 0.2) is 0 Å². The van der Waals surface area contributed by atoms with Crippen LogP contribution in [-0.4, -0.2) is 51.9 Å². The van der Waals surface area contributed by atoms with Gasteiger partial charge in [-0.05, 0) is 31.5 Å². The van der Waals surface area contributed by atoms with Crippen LogP contribution in [0, 0.1) is 6.92 Å². The highest BCUT2D eigenvalue weighted by molar-refractivity contribution is 5.64. The van der Waals surface area contributed by atoms with Crippen molar-refractivity contribution >= 4 is 0 Å². The Morgan fingerprint density at radius 2 is 1.77 bits per heavy atom. The molecule has 1 aliphatic heterocycles. The van der Waals surface area contributed by atoms with E-state index in [-0.39, 0.29) is 5.41 Å². The number of para-hydroxylation sites is 1. The number of hydrogen-bond acceptors (Lipinski definition) is 3. The quantitative estimate of drug-likeness (QED) is 0.597. The van der Waals surface area contributed by atoms with E-state index >= 15 is 0 Å². The van der Waals surface area contributed by atoms with Gasteiger partial charge in [0.1, 0.15) is 5.82 Å². The van der Waals surface area contributed by atoms with E-state index in [1.807, 2.05) is 12.3 Å². The maximum atomic E-state index is 5.48. The van der Waals surface area contributed by atoms with E-state index in [0.29, 0.717) is 0 Å². The summed E-state index contributed by atoms with van der Waals surface area (Å²) in [5.41, 5.74) is 5.11. The van der Waals surface area contributed by atoms with Gasteiger partial charge in [0.05, 0.1) is 13.2 Å². The fraction of sp³-hybridized carbons (Fsp3) is 0.480. The molecule has 1 fully saturated rings. The first-order chi connectivity index (χ1) is 14.4. The Hall–Kier alpha value is -2.37. The van der Waals surface area contributed by atoms with Gasteiger partial charge in [0, 0.05) is 66.6 Å². The molecule has 3 heterocycles. The first-order valence-electron chi connectivity index (χ1n) is 11.0. The molecule has 5 nitrogen and oxygen atoms in total. The third-order valence-electron chi connectivity index (χ3n) is 6.01. The molecule has 0 unspecified atom stereocenters. The molecule has 30 heavy (non-hydrogen) atoms. The first-order valence-corrected chi connectivity index (χ1v) is 11.0. The first kappa shape index (κ1) is 20.9. The molecule has 0 saturated carbocycles. The lowest BCUT2D eigenvalue weighted by atomic mass is 9.91. The Labute approximate surface area is 180 Å². The molecule has 0 spiro atoms. The zero-order valence-electron chi connectivity index (χ0n) is 18.8. The average Bonchev–Trinajstić information content (AvgIpc) is 3.34. The van der Waals surface area contributed by atoms with Gasteiger partial charge < -0.3 is 9.30 Å². The van der Waals surface area contributed by atoms with Crippen molar-refractivity contribution < 1.29 is 4.74 Å². The Bertz CT molecular complexity index is 959. The van der Waals surface area contributed by atoms with Gasteiger partial charge in [-0.3, -0.25) is 9.47 Å². The van der Waals surface area contributed by atoms with Crippen LogP contribution in [0.2, 0.25) is 0 Å². The van der Waals surface area contributed by atoms with Crippen LogP contribution in [0.1, 0.15) is 38.6 Å². The molecular weight excluding hydrogens is 372 g/mol. The maximum absolute atomic E-state index is 5.48. The van der Waals surface area contributed by atoms with Crippen molar-refractivity contribution in [2.75, 3.05) is 32.8 Å². The zero-order chi connectivity index (χ0) is 21.1. The topological polar surface area (TPSA) is 35.2 Å². The number of aromatic nitrogens is 3. The molecule has 1 aliphatic rings. The predicted molar refractivity (Wildman–Crippen MR) is 122 cm³/mol. The second-order valence-electron chi connectivity index (χ2n) is 9.19. The lowest BCUT2D eigenvalue weighted by molar-refractivity contribution is 0.0369. The van der Waals surface area contributed by atoms with Gasteiger partial charge in [-0.15, -0.1) is 0 Å².